The molecule has 0 unspecified atom stereocenters. The molecule has 5 rings (SSSR count). The number of hydrogen-bond acceptors (Lipinski definition) is 6. The van der Waals surface area contributed by atoms with E-state index in [1.54, 1.807) is 30.5 Å². The van der Waals surface area contributed by atoms with E-state index < -0.39 is 5.82 Å². The summed E-state index contributed by atoms with van der Waals surface area (Å²) in [5, 5.41) is 0.834. The van der Waals surface area contributed by atoms with Gasteiger partial charge < -0.3 is 9.30 Å². The number of nitrogens with zero attached hydrogens (tertiary/aromatic N) is 6. The molecule has 172 valence electrons. The average Bonchev–Trinajstić information content (AvgIpc) is 3.14. The van der Waals surface area contributed by atoms with Crippen LogP contribution < -0.4 is 4.74 Å². The van der Waals surface area contributed by atoms with E-state index in [-0.39, 0.29) is 11.8 Å². The minimum absolute atomic E-state index is 0.0327. The van der Waals surface area contributed by atoms with Crippen LogP contribution in [0.4, 0.5) is 4.39 Å². The lowest BCUT2D eigenvalue weighted by atomic mass is 9.97. The fraction of sp³-hybridized carbons (Fsp3) is 0.148. The minimum atomic E-state index is -0.539. The van der Waals surface area contributed by atoms with Crippen LogP contribution in [-0.4, -0.2) is 29.5 Å². The highest BCUT2D eigenvalue weighted by atomic mass is 19.1. The zero-order valence-corrected chi connectivity index (χ0v) is 19.7. The SMILES string of the molecule is C#Cc1ccc(-c2c(-c3ccc(Oc4nccc(C)n4)c(F)c3)c3c(C)ncnc3n2C)c(C)n1. The van der Waals surface area contributed by atoms with Gasteiger partial charge in [-0.2, -0.15) is 0 Å². The Kier molecular flexibility index (Phi) is 5.46. The van der Waals surface area contributed by atoms with Gasteiger partial charge in [-0.1, -0.05) is 12.0 Å². The van der Waals surface area contributed by atoms with Crippen LogP contribution in [0.1, 0.15) is 22.8 Å². The maximum atomic E-state index is 15.3. The number of aromatic nitrogens is 6. The predicted molar refractivity (Wildman–Crippen MR) is 131 cm³/mol. The topological polar surface area (TPSA) is 78.6 Å². The molecule has 0 radical (unpaired) electrons. The maximum Gasteiger partial charge on any atom is 0.322 e. The molecule has 0 fully saturated rings. The van der Waals surface area contributed by atoms with Crippen molar-refractivity contribution < 1.29 is 9.13 Å². The van der Waals surface area contributed by atoms with Gasteiger partial charge >= 0.3 is 6.01 Å². The van der Waals surface area contributed by atoms with Crippen molar-refractivity contribution in [1.82, 2.24) is 29.5 Å². The molecular weight excluding hydrogens is 443 g/mol. The molecule has 0 bridgehead atoms. The Morgan fingerprint density at radius 1 is 0.971 bits per heavy atom. The summed E-state index contributed by atoms with van der Waals surface area (Å²) in [7, 11) is 1.92. The van der Waals surface area contributed by atoms with Crippen molar-refractivity contribution in [3.8, 4) is 46.5 Å². The molecule has 0 N–H and O–H groups in total. The van der Waals surface area contributed by atoms with Crippen molar-refractivity contribution in [1.29, 1.82) is 0 Å². The molecule has 5 aromatic rings. The molecule has 4 heterocycles. The highest BCUT2D eigenvalue weighted by Crippen LogP contribution is 2.42. The molecule has 8 heteroatoms. The lowest BCUT2D eigenvalue weighted by Gasteiger charge is -2.12. The van der Waals surface area contributed by atoms with E-state index in [1.807, 2.05) is 38.5 Å². The van der Waals surface area contributed by atoms with Gasteiger partial charge in [0.25, 0.3) is 0 Å². The van der Waals surface area contributed by atoms with Crippen LogP contribution in [-0.2, 0) is 7.05 Å². The van der Waals surface area contributed by atoms with Crippen LogP contribution in [0.25, 0.3) is 33.4 Å². The molecule has 0 aliphatic heterocycles. The minimum Gasteiger partial charge on any atom is -0.421 e. The van der Waals surface area contributed by atoms with Gasteiger partial charge in [-0.15, -0.1) is 6.42 Å². The fourth-order valence-corrected chi connectivity index (χ4v) is 4.20. The summed E-state index contributed by atoms with van der Waals surface area (Å²) in [6, 6.07) is 10.4. The van der Waals surface area contributed by atoms with E-state index in [4.69, 9.17) is 11.2 Å². The third-order valence-electron chi connectivity index (χ3n) is 5.84. The van der Waals surface area contributed by atoms with Gasteiger partial charge in [-0.05, 0) is 56.7 Å². The quantitative estimate of drug-likeness (QED) is 0.335. The van der Waals surface area contributed by atoms with Crippen LogP contribution in [0.15, 0.2) is 48.9 Å². The Morgan fingerprint density at radius 2 is 1.80 bits per heavy atom. The Hall–Kier alpha value is -4.64. The lowest BCUT2D eigenvalue weighted by molar-refractivity contribution is 0.410. The van der Waals surface area contributed by atoms with Crippen LogP contribution in [0, 0.1) is 38.9 Å². The molecule has 0 atom stereocenters. The summed E-state index contributed by atoms with van der Waals surface area (Å²) >= 11 is 0. The zero-order chi connectivity index (χ0) is 24.7. The Balaban J connectivity index is 1.71. The van der Waals surface area contributed by atoms with Crippen LogP contribution in [0.3, 0.4) is 0 Å². The van der Waals surface area contributed by atoms with Gasteiger partial charge in [-0.3, -0.25) is 0 Å². The van der Waals surface area contributed by atoms with E-state index in [2.05, 4.69) is 30.8 Å². The molecule has 4 aromatic heterocycles. The summed E-state index contributed by atoms with van der Waals surface area (Å²) in [5.74, 6) is 2.06. The molecular formula is C27H21FN6O. The highest BCUT2D eigenvalue weighted by Gasteiger charge is 2.23. The maximum absolute atomic E-state index is 15.3. The number of rotatable bonds is 4. The van der Waals surface area contributed by atoms with Gasteiger partial charge in [0, 0.05) is 41.1 Å². The van der Waals surface area contributed by atoms with Crippen LogP contribution in [0.2, 0.25) is 0 Å². The Morgan fingerprint density at radius 3 is 2.51 bits per heavy atom. The molecule has 7 nitrogen and oxygen atoms in total. The molecule has 0 saturated carbocycles. The standard InChI is InChI=1S/C27H21FN6O/c1-6-19-8-9-20(16(3)33-19)25-24(23-17(4)30-14-31-26(23)34(25)5)18-7-10-22(21(28)13-18)35-27-29-12-11-15(2)32-27/h1,7-14H,2-5H3. The van der Waals surface area contributed by atoms with E-state index >= 15 is 4.39 Å². The molecule has 0 aliphatic carbocycles. The van der Waals surface area contributed by atoms with Crippen molar-refractivity contribution in [2.24, 2.45) is 7.05 Å². The number of benzene rings is 1. The largest absolute Gasteiger partial charge is 0.421 e. The van der Waals surface area contributed by atoms with Crippen molar-refractivity contribution in [2.75, 3.05) is 0 Å². The summed E-state index contributed by atoms with van der Waals surface area (Å²) < 4.78 is 22.9. The van der Waals surface area contributed by atoms with Crippen LogP contribution in [0.5, 0.6) is 11.8 Å². The van der Waals surface area contributed by atoms with E-state index in [0.717, 1.165) is 44.9 Å². The van der Waals surface area contributed by atoms with Gasteiger partial charge in [0.2, 0.25) is 0 Å². The van der Waals surface area contributed by atoms with Gasteiger partial charge in [-0.25, -0.2) is 29.3 Å². The number of terminal acetylenes is 1. The molecule has 0 spiro atoms. The second kappa shape index (κ2) is 8.61. The second-order valence-electron chi connectivity index (χ2n) is 8.14. The normalized spacial score (nSPS) is 11.0. The summed E-state index contributed by atoms with van der Waals surface area (Å²) in [4.78, 5) is 21.7. The Labute approximate surface area is 201 Å². The van der Waals surface area contributed by atoms with Crippen molar-refractivity contribution >= 4 is 11.0 Å². The molecule has 0 aliphatic rings. The first-order valence-electron chi connectivity index (χ1n) is 10.9. The van der Waals surface area contributed by atoms with Crippen molar-refractivity contribution in [3.63, 3.8) is 0 Å². The third kappa shape index (κ3) is 3.87. The second-order valence-corrected chi connectivity index (χ2v) is 8.14. The van der Waals surface area contributed by atoms with Crippen molar-refractivity contribution in [3.05, 3.63) is 77.5 Å². The zero-order valence-electron chi connectivity index (χ0n) is 19.7. The Bertz CT molecular complexity index is 1650. The van der Waals surface area contributed by atoms with Crippen molar-refractivity contribution in [2.45, 2.75) is 20.8 Å². The number of ether oxygens (including phenoxy) is 1. The van der Waals surface area contributed by atoms with Gasteiger partial charge in [0.15, 0.2) is 11.6 Å². The number of fused-ring (bicyclic) bond motifs is 1. The third-order valence-corrected chi connectivity index (χ3v) is 5.84. The molecule has 0 amide bonds. The van der Waals surface area contributed by atoms with E-state index in [0.29, 0.717) is 11.3 Å². The first-order valence-corrected chi connectivity index (χ1v) is 10.9. The van der Waals surface area contributed by atoms with Gasteiger partial charge in [0.1, 0.15) is 17.7 Å². The molecule has 0 saturated heterocycles. The smallest absolute Gasteiger partial charge is 0.322 e. The monoisotopic (exact) mass is 464 g/mol. The average molecular weight is 465 g/mol. The lowest BCUT2D eigenvalue weighted by Crippen LogP contribution is -1.99. The summed E-state index contributed by atoms with van der Waals surface area (Å²) in [6.45, 7) is 5.62. The van der Waals surface area contributed by atoms with Crippen LogP contribution >= 0.6 is 0 Å². The predicted octanol–water partition coefficient (Wildman–Crippen LogP) is 5.33. The molecule has 35 heavy (non-hydrogen) atoms. The summed E-state index contributed by atoms with van der Waals surface area (Å²) in [6.07, 6.45) is 8.63. The number of aryl methyl sites for hydroxylation is 4. The van der Waals surface area contributed by atoms with E-state index in [9.17, 15) is 0 Å². The van der Waals surface area contributed by atoms with Gasteiger partial charge in [0.05, 0.1) is 11.4 Å². The first kappa shape index (κ1) is 22.2. The number of pyridine rings is 1. The number of hydrogen-bond donors (Lipinski definition) is 0. The first-order chi connectivity index (χ1) is 16.9. The number of halogens is 1. The van der Waals surface area contributed by atoms with E-state index in [1.165, 1.54) is 12.4 Å². The highest BCUT2D eigenvalue weighted by molar-refractivity contribution is 6.04. The molecule has 1 aromatic carbocycles. The fourth-order valence-electron chi connectivity index (χ4n) is 4.20. The summed E-state index contributed by atoms with van der Waals surface area (Å²) in [5.41, 5.74) is 6.71.